The smallest absolute Gasteiger partial charge is 0.339 e. The molecule has 118 valence electrons. The van der Waals surface area contributed by atoms with E-state index in [9.17, 15) is 14.7 Å². The number of piperazine rings is 1. The summed E-state index contributed by atoms with van der Waals surface area (Å²) in [6.45, 7) is 2.56. The molecule has 0 radical (unpaired) electrons. The van der Waals surface area contributed by atoms with Crippen molar-refractivity contribution in [3.05, 3.63) is 23.9 Å². The minimum atomic E-state index is -0.965. The number of carboxylic acid groups (broad SMARTS) is 1. The third kappa shape index (κ3) is 2.91. The van der Waals surface area contributed by atoms with Crippen molar-refractivity contribution >= 4 is 17.7 Å². The van der Waals surface area contributed by atoms with E-state index in [0.29, 0.717) is 32.0 Å². The molecule has 0 atom stereocenters. The second kappa shape index (κ2) is 6.34. The van der Waals surface area contributed by atoms with E-state index in [1.54, 1.807) is 18.3 Å². The molecule has 0 aromatic carbocycles. The van der Waals surface area contributed by atoms with Gasteiger partial charge in [0.15, 0.2) is 0 Å². The van der Waals surface area contributed by atoms with Gasteiger partial charge in [-0.2, -0.15) is 0 Å². The number of carbonyl (C=O) groups excluding carboxylic acids is 1. The lowest BCUT2D eigenvalue weighted by Gasteiger charge is -2.37. The second-order valence-electron chi connectivity index (χ2n) is 5.97. The van der Waals surface area contributed by atoms with Crippen LogP contribution < -0.4 is 4.90 Å². The van der Waals surface area contributed by atoms with Crippen molar-refractivity contribution in [2.24, 2.45) is 5.92 Å². The first kappa shape index (κ1) is 14.8. The van der Waals surface area contributed by atoms with Crippen LogP contribution in [0.3, 0.4) is 0 Å². The van der Waals surface area contributed by atoms with Crippen molar-refractivity contribution in [2.45, 2.75) is 25.7 Å². The van der Waals surface area contributed by atoms with Crippen LogP contribution in [0, 0.1) is 5.92 Å². The number of carboxylic acids is 1. The Balaban J connectivity index is 1.64. The number of hydrogen-bond acceptors (Lipinski definition) is 4. The second-order valence-corrected chi connectivity index (χ2v) is 5.97. The zero-order chi connectivity index (χ0) is 15.5. The Kier molecular flexibility index (Phi) is 4.27. The molecular weight excluding hydrogens is 282 g/mol. The van der Waals surface area contributed by atoms with Crippen LogP contribution in [0.25, 0.3) is 0 Å². The maximum Gasteiger partial charge on any atom is 0.339 e. The van der Waals surface area contributed by atoms with E-state index in [4.69, 9.17) is 0 Å². The highest BCUT2D eigenvalue weighted by Gasteiger charge is 2.30. The van der Waals surface area contributed by atoms with Gasteiger partial charge in [-0.05, 0) is 25.0 Å². The zero-order valence-electron chi connectivity index (χ0n) is 12.6. The van der Waals surface area contributed by atoms with Gasteiger partial charge in [0, 0.05) is 38.3 Å². The van der Waals surface area contributed by atoms with E-state index < -0.39 is 5.97 Å². The fraction of sp³-hybridized carbons (Fsp3) is 0.562. The van der Waals surface area contributed by atoms with Crippen LogP contribution in [0.1, 0.15) is 36.0 Å². The molecule has 0 bridgehead atoms. The summed E-state index contributed by atoms with van der Waals surface area (Å²) in [5.41, 5.74) is 0.220. The molecule has 1 aromatic rings. The molecule has 1 amide bonds. The molecule has 6 heteroatoms. The number of amides is 1. The van der Waals surface area contributed by atoms with Crippen molar-refractivity contribution in [2.75, 3.05) is 31.1 Å². The maximum atomic E-state index is 12.4. The monoisotopic (exact) mass is 303 g/mol. The van der Waals surface area contributed by atoms with Crippen LogP contribution in [0.5, 0.6) is 0 Å². The minimum absolute atomic E-state index is 0.205. The minimum Gasteiger partial charge on any atom is -0.478 e. The van der Waals surface area contributed by atoms with Gasteiger partial charge >= 0.3 is 5.97 Å². The Morgan fingerprint density at radius 1 is 1.14 bits per heavy atom. The summed E-state index contributed by atoms with van der Waals surface area (Å²) in [5.74, 6) is 0.0168. The number of carbonyl (C=O) groups is 2. The van der Waals surface area contributed by atoms with Gasteiger partial charge < -0.3 is 14.9 Å². The molecule has 1 aliphatic heterocycles. The Bertz CT molecular complexity index is 562. The lowest BCUT2D eigenvalue weighted by Crippen LogP contribution is -2.50. The van der Waals surface area contributed by atoms with E-state index in [1.165, 1.54) is 0 Å². The number of aromatic carboxylic acids is 1. The van der Waals surface area contributed by atoms with Crippen molar-refractivity contribution in [1.82, 2.24) is 9.88 Å². The molecule has 1 saturated carbocycles. The normalized spacial score (nSPS) is 19.5. The van der Waals surface area contributed by atoms with Gasteiger partial charge in [0.1, 0.15) is 11.4 Å². The van der Waals surface area contributed by atoms with Crippen LogP contribution in [-0.4, -0.2) is 53.0 Å². The van der Waals surface area contributed by atoms with Crippen molar-refractivity contribution < 1.29 is 14.7 Å². The van der Waals surface area contributed by atoms with Gasteiger partial charge in [0.25, 0.3) is 0 Å². The molecule has 2 heterocycles. The van der Waals surface area contributed by atoms with Crippen LogP contribution in [0.2, 0.25) is 0 Å². The molecule has 1 aliphatic carbocycles. The van der Waals surface area contributed by atoms with E-state index in [2.05, 4.69) is 4.98 Å². The fourth-order valence-corrected chi connectivity index (χ4v) is 3.39. The Morgan fingerprint density at radius 3 is 2.45 bits per heavy atom. The highest BCUT2D eigenvalue weighted by atomic mass is 16.4. The summed E-state index contributed by atoms with van der Waals surface area (Å²) in [6, 6.07) is 3.20. The third-order valence-corrected chi connectivity index (χ3v) is 4.61. The topological polar surface area (TPSA) is 73.7 Å². The molecule has 3 rings (SSSR count). The Hall–Kier alpha value is -2.11. The van der Waals surface area contributed by atoms with Crippen LogP contribution >= 0.6 is 0 Å². The van der Waals surface area contributed by atoms with Crippen molar-refractivity contribution in [1.29, 1.82) is 0 Å². The molecule has 2 aliphatic rings. The summed E-state index contributed by atoms with van der Waals surface area (Å²) in [4.78, 5) is 31.8. The number of nitrogens with zero attached hydrogens (tertiary/aromatic N) is 3. The highest BCUT2D eigenvalue weighted by molar-refractivity contribution is 5.93. The van der Waals surface area contributed by atoms with Crippen LogP contribution in [0.15, 0.2) is 18.3 Å². The van der Waals surface area contributed by atoms with E-state index in [-0.39, 0.29) is 17.4 Å². The number of hydrogen-bond donors (Lipinski definition) is 1. The number of pyridine rings is 1. The van der Waals surface area contributed by atoms with Gasteiger partial charge in [0.05, 0.1) is 0 Å². The van der Waals surface area contributed by atoms with Crippen LogP contribution in [-0.2, 0) is 4.79 Å². The van der Waals surface area contributed by atoms with Gasteiger partial charge in [-0.3, -0.25) is 4.79 Å². The Morgan fingerprint density at radius 2 is 1.82 bits per heavy atom. The summed E-state index contributed by atoms with van der Waals surface area (Å²) in [5, 5.41) is 9.25. The Labute approximate surface area is 129 Å². The molecule has 22 heavy (non-hydrogen) atoms. The predicted octanol–water partition coefficient (Wildman–Crippen LogP) is 1.62. The molecule has 1 aromatic heterocycles. The lowest BCUT2D eigenvalue weighted by atomic mass is 10.1. The van der Waals surface area contributed by atoms with Crippen LogP contribution in [0.4, 0.5) is 5.82 Å². The predicted molar refractivity (Wildman–Crippen MR) is 81.9 cm³/mol. The lowest BCUT2D eigenvalue weighted by molar-refractivity contribution is -0.135. The zero-order valence-corrected chi connectivity index (χ0v) is 12.6. The third-order valence-electron chi connectivity index (χ3n) is 4.61. The first-order valence-corrected chi connectivity index (χ1v) is 7.89. The number of aromatic nitrogens is 1. The standard InChI is InChI=1S/C16H21N3O3/c20-15(12-4-1-2-5-12)19-10-8-18(9-11-19)14-13(16(21)22)6-3-7-17-14/h3,6-7,12H,1-2,4-5,8-11H2,(H,21,22). The molecule has 6 nitrogen and oxygen atoms in total. The van der Waals surface area contributed by atoms with E-state index >= 15 is 0 Å². The highest BCUT2D eigenvalue weighted by Crippen LogP contribution is 2.27. The molecular formula is C16H21N3O3. The summed E-state index contributed by atoms with van der Waals surface area (Å²) in [6.07, 6.45) is 5.96. The maximum absolute atomic E-state index is 12.4. The molecule has 0 unspecified atom stereocenters. The quantitative estimate of drug-likeness (QED) is 0.918. The molecule has 1 N–H and O–H groups in total. The largest absolute Gasteiger partial charge is 0.478 e. The van der Waals surface area contributed by atoms with Crippen molar-refractivity contribution in [3.63, 3.8) is 0 Å². The van der Waals surface area contributed by atoms with Gasteiger partial charge in [-0.1, -0.05) is 12.8 Å². The fourth-order valence-electron chi connectivity index (χ4n) is 3.39. The van der Waals surface area contributed by atoms with Gasteiger partial charge in [-0.15, -0.1) is 0 Å². The van der Waals surface area contributed by atoms with Gasteiger partial charge in [-0.25, -0.2) is 9.78 Å². The average Bonchev–Trinajstić information content (AvgIpc) is 3.09. The summed E-state index contributed by atoms with van der Waals surface area (Å²) in [7, 11) is 0. The van der Waals surface area contributed by atoms with E-state index in [0.717, 1.165) is 25.7 Å². The van der Waals surface area contributed by atoms with Gasteiger partial charge in [0.2, 0.25) is 5.91 Å². The van der Waals surface area contributed by atoms with E-state index in [1.807, 2.05) is 9.80 Å². The molecule has 2 fully saturated rings. The van der Waals surface area contributed by atoms with Crippen molar-refractivity contribution in [3.8, 4) is 0 Å². The molecule has 1 saturated heterocycles. The summed E-state index contributed by atoms with van der Waals surface area (Å²) >= 11 is 0. The number of rotatable bonds is 3. The first-order valence-electron chi connectivity index (χ1n) is 7.89. The summed E-state index contributed by atoms with van der Waals surface area (Å²) < 4.78 is 0. The SMILES string of the molecule is O=C(O)c1cccnc1N1CCN(C(=O)C2CCCC2)CC1. The number of anilines is 1. The average molecular weight is 303 g/mol. The first-order chi connectivity index (χ1) is 10.7. The molecule has 0 spiro atoms.